The molecule has 4 rings (SSSR count). The van der Waals surface area contributed by atoms with Gasteiger partial charge in [0.1, 0.15) is 13.2 Å². The zero-order valence-electron chi connectivity index (χ0n) is 17.4. The molecule has 7 nitrogen and oxygen atoms in total. The van der Waals surface area contributed by atoms with Crippen LogP contribution in [0.3, 0.4) is 0 Å². The van der Waals surface area contributed by atoms with Crippen molar-refractivity contribution in [1.82, 2.24) is 4.31 Å². The lowest BCUT2D eigenvalue weighted by atomic mass is 10.1. The molecule has 0 radical (unpaired) electrons. The number of likely N-dealkylation sites (N-methyl/N-ethyl adjacent to an activating group) is 2. The van der Waals surface area contributed by atoms with Crippen molar-refractivity contribution in [3.05, 3.63) is 60.7 Å². The van der Waals surface area contributed by atoms with Gasteiger partial charge in [-0.1, -0.05) is 36.4 Å². The van der Waals surface area contributed by atoms with Crippen LogP contribution in [0.2, 0.25) is 0 Å². The third-order valence-corrected chi connectivity index (χ3v) is 7.05. The average molecular weight is 441 g/mol. The summed E-state index contributed by atoms with van der Waals surface area (Å²) >= 11 is 0. The lowest BCUT2D eigenvalue weighted by Crippen LogP contribution is -2.41. The number of nitrogens with zero attached hydrogens (tertiary/aromatic N) is 2. The summed E-state index contributed by atoms with van der Waals surface area (Å²) in [7, 11) is -2.48. The van der Waals surface area contributed by atoms with Crippen LogP contribution in [0.1, 0.15) is 6.92 Å². The Balaban J connectivity index is 1.58. The molecule has 1 aliphatic heterocycles. The molecule has 1 heterocycles. The van der Waals surface area contributed by atoms with Gasteiger partial charge in [-0.25, -0.2) is 8.42 Å². The first-order chi connectivity index (χ1) is 14.9. The van der Waals surface area contributed by atoms with E-state index in [1.807, 2.05) is 49.4 Å². The molecule has 3 aromatic carbocycles. The summed E-state index contributed by atoms with van der Waals surface area (Å²) in [6.45, 7) is 2.80. The number of benzene rings is 3. The van der Waals surface area contributed by atoms with Crippen molar-refractivity contribution in [3.63, 3.8) is 0 Å². The van der Waals surface area contributed by atoms with Gasteiger partial charge in [0.05, 0.1) is 17.1 Å². The molecule has 1 amide bonds. The number of hydrogen-bond acceptors (Lipinski definition) is 5. The van der Waals surface area contributed by atoms with Crippen LogP contribution in [0.15, 0.2) is 65.6 Å². The van der Waals surface area contributed by atoms with Gasteiger partial charge in [0.2, 0.25) is 15.9 Å². The summed E-state index contributed by atoms with van der Waals surface area (Å²) in [4.78, 5) is 14.8. The maximum atomic E-state index is 13.1. The minimum absolute atomic E-state index is 0.0558. The normalized spacial score (nSPS) is 13.4. The van der Waals surface area contributed by atoms with Crippen LogP contribution in [0.4, 0.5) is 5.69 Å². The van der Waals surface area contributed by atoms with Crippen LogP contribution in [-0.2, 0) is 14.8 Å². The van der Waals surface area contributed by atoms with E-state index in [0.717, 1.165) is 20.8 Å². The first-order valence-corrected chi connectivity index (χ1v) is 11.5. The second kappa shape index (κ2) is 8.56. The molecule has 0 bridgehead atoms. The standard InChI is InChI=1S/C23H24N2O5S/c1-3-25(20-10-6-8-17-7-4-5-9-19(17)20)23(26)16-24(2)31(27,28)18-11-12-21-22(15-18)30-14-13-29-21/h4-12,15H,3,13-14,16H2,1-2H3. The Morgan fingerprint density at radius 3 is 2.45 bits per heavy atom. The maximum absolute atomic E-state index is 13.1. The van der Waals surface area contributed by atoms with Gasteiger partial charge in [-0.3, -0.25) is 4.79 Å². The molecule has 8 heteroatoms. The number of hydrogen-bond donors (Lipinski definition) is 0. The number of amides is 1. The highest BCUT2D eigenvalue weighted by Crippen LogP contribution is 2.33. The van der Waals surface area contributed by atoms with Crippen molar-refractivity contribution in [2.75, 3.05) is 38.3 Å². The minimum Gasteiger partial charge on any atom is -0.486 e. The Labute approximate surface area is 181 Å². The molecule has 0 saturated carbocycles. The molecule has 0 atom stereocenters. The van der Waals surface area contributed by atoms with Crippen molar-refractivity contribution in [3.8, 4) is 11.5 Å². The van der Waals surface area contributed by atoms with Gasteiger partial charge in [-0.15, -0.1) is 0 Å². The van der Waals surface area contributed by atoms with Gasteiger partial charge in [0.15, 0.2) is 11.5 Å². The molecule has 0 saturated heterocycles. The smallest absolute Gasteiger partial charge is 0.243 e. The SMILES string of the molecule is CCN(C(=O)CN(C)S(=O)(=O)c1ccc2c(c1)OCCO2)c1cccc2ccccc12. The summed E-state index contributed by atoms with van der Waals surface area (Å²) in [5, 5.41) is 1.96. The molecule has 0 spiro atoms. The number of carbonyl (C=O) groups is 1. The Morgan fingerprint density at radius 1 is 0.968 bits per heavy atom. The highest BCUT2D eigenvalue weighted by molar-refractivity contribution is 7.89. The molecule has 0 unspecified atom stereocenters. The van der Waals surface area contributed by atoms with E-state index >= 15 is 0 Å². The third kappa shape index (κ3) is 4.08. The maximum Gasteiger partial charge on any atom is 0.243 e. The fraction of sp³-hybridized carbons (Fsp3) is 0.261. The van der Waals surface area contributed by atoms with Crippen LogP contribution in [0.5, 0.6) is 11.5 Å². The van der Waals surface area contributed by atoms with E-state index in [1.165, 1.54) is 19.2 Å². The number of ether oxygens (including phenoxy) is 2. The fourth-order valence-electron chi connectivity index (χ4n) is 3.65. The monoisotopic (exact) mass is 440 g/mol. The number of rotatable bonds is 6. The third-order valence-electron chi connectivity index (χ3n) is 5.25. The van der Waals surface area contributed by atoms with Crippen LogP contribution in [0.25, 0.3) is 10.8 Å². The fourth-order valence-corrected chi connectivity index (χ4v) is 4.79. The van der Waals surface area contributed by atoms with Gasteiger partial charge in [-0.05, 0) is 30.5 Å². The van der Waals surface area contributed by atoms with Crippen molar-refractivity contribution >= 4 is 32.4 Å². The first kappa shape index (κ1) is 21.1. The molecule has 0 N–H and O–H groups in total. The zero-order valence-corrected chi connectivity index (χ0v) is 18.3. The van der Waals surface area contributed by atoms with Gasteiger partial charge in [0, 0.05) is 25.0 Å². The summed E-state index contributed by atoms with van der Waals surface area (Å²) in [6.07, 6.45) is 0. The van der Waals surface area contributed by atoms with Crippen molar-refractivity contribution in [2.24, 2.45) is 0 Å². The van der Waals surface area contributed by atoms with E-state index in [1.54, 1.807) is 11.0 Å². The lowest BCUT2D eigenvalue weighted by molar-refractivity contribution is -0.118. The highest BCUT2D eigenvalue weighted by Gasteiger charge is 2.27. The van der Waals surface area contributed by atoms with E-state index in [0.29, 0.717) is 31.3 Å². The number of carbonyl (C=O) groups excluding carboxylic acids is 1. The van der Waals surface area contributed by atoms with Gasteiger partial charge >= 0.3 is 0 Å². The van der Waals surface area contributed by atoms with E-state index in [2.05, 4.69) is 0 Å². The van der Waals surface area contributed by atoms with E-state index in [4.69, 9.17) is 9.47 Å². The molecule has 1 aliphatic rings. The molecule has 31 heavy (non-hydrogen) atoms. The zero-order chi connectivity index (χ0) is 22.0. The molecule has 162 valence electrons. The predicted molar refractivity (Wildman–Crippen MR) is 119 cm³/mol. The summed E-state index contributed by atoms with van der Waals surface area (Å²) in [6, 6.07) is 18.0. The summed E-state index contributed by atoms with van der Waals surface area (Å²) in [5.74, 6) is 0.595. The van der Waals surface area contributed by atoms with Gasteiger partial charge < -0.3 is 14.4 Å². The number of fused-ring (bicyclic) bond motifs is 2. The summed E-state index contributed by atoms with van der Waals surface area (Å²) < 4.78 is 38.2. The molecule has 0 fully saturated rings. The van der Waals surface area contributed by atoms with Crippen LogP contribution in [-0.4, -0.2) is 52.0 Å². The number of anilines is 1. The lowest BCUT2D eigenvalue weighted by Gasteiger charge is -2.26. The molecular formula is C23H24N2O5S. The van der Waals surface area contributed by atoms with Crippen LogP contribution >= 0.6 is 0 Å². The molecule has 3 aromatic rings. The summed E-state index contributed by atoms with van der Waals surface area (Å²) in [5.41, 5.74) is 0.760. The topological polar surface area (TPSA) is 76.2 Å². The highest BCUT2D eigenvalue weighted by atomic mass is 32.2. The molecule has 0 aromatic heterocycles. The first-order valence-electron chi connectivity index (χ1n) is 10.1. The minimum atomic E-state index is -3.88. The predicted octanol–water partition coefficient (Wildman–Crippen LogP) is 3.28. The molecular weight excluding hydrogens is 416 g/mol. The Kier molecular flexibility index (Phi) is 5.84. The number of sulfonamides is 1. The second-order valence-electron chi connectivity index (χ2n) is 7.20. The quantitative estimate of drug-likeness (QED) is 0.588. The second-order valence-corrected chi connectivity index (χ2v) is 9.25. The van der Waals surface area contributed by atoms with E-state index in [-0.39, 0.29) is 17.3 Å². The van der Waals surface area contributed by atoms with Gasteiger partial charge in [-0.2, -0.15) is 4.31 Å². The van der Waals surface area contributed by atoms with E-state index in [9.17, 15) is 13.2 Å². The average Bonchev–Trinajstić information content (AvgIpc) is 2.79. The Hall–Kier alpha value is -3.10. The Bertz CT molecular complexity index is 1220. The Morgan fingerprint density at radius 2 is 1.68 bits per heavy atom. The largest absolute Gasteiger partial charge is 0.486 e. The van der Waals surface area contributed by atoms with Crippen molar-refractivity contribution in [1.29, 1.82) is 0 Å². The van der Waals surface area contributed by atoms with Crippen molar-refractivity contribution < 1.29 is 22.7 Å². The van der Waals surface area contributed by atoms with Crippen LogP contribution in [0, 0.1) is 0 Å². The van der Waals surface area contributed by atoms with Crippen LogP contribution < -0.4 is 14.4 Å². The van der Waals surface area contributed by atoms with Crippen molar-refractivity contribution in [2.45, 2.75) is 11.8 Å². The van der Waals surface area contributed by atoms with E-state index < -0.39 is 10.0 Å². The molecule has 0 aliphatic carbocycles. The van der Waals surface area contributed by atoms with Gasteiger partial charge in [0.25, 0.3) is 0 Å².